The molecule has 0 unspecified atom stereocenters. The van der Waals surface area contributed by atoms with Crippen molar-refractivity contribution in [1.29, 1.82) is 0 Å². The third-order valence-electron chi connectivity index (χ3n) is 1.94. The number of rotatable bonds is 0. The van der Waals surface area contributed by atoms with E-state index in [-0.39, 0.29) is 11.4 Å². The summed E-state index contributed by atoms with van der Waals surface area (Å²) in [6, 6.07) is 0. The van der Waals surface area contributed by atoms with Gasteiger partial charge in [0.25, 0.3) is 5.91 Å². The zero-order valence-electron chi connectivity index (χ0n) is 7.35. The number of amides is 1. The van der Waals surface area contributed by atoms with Crippen LogP contribution in [0.3, 0.4) is 0 Å². The van der Waals surface area contributed by atoms with Crippen molar-refractivity contribution >= 4 is 33.2 Å². The van der Waals surface area contributed by atoms with Crippen molar-refractivity contribution in [3.63, 3.8) is 0 Å². The zero-order chi connectivity index (χ0) is 9.64. The molecule has 5 heteroatoms. The van der Waals surface area contributed by atoms with Crippen LogP contribution in [-0.2, 0) is 6.42 Å². The summed E-state index contributed by atoms with van der Waals surface area (Å²) in [4.78, 5) is 16.6. The summed E-state index contributed by atoms with van der Waals surface area (Å²) in [5, 5.41) is 2.94. The predicted octanol–water partition coefficient (Wildman–Crippen LogP) is 1.97. The summed E-state index contributed by atoms with van der Waals surface area (Å²) < 4.78 is 0.783. The van der Waals surface area contributed by atoms with Crippen molar-refractivity contribution in [2.75, 3.05) is 0 Å². The number of nitrogens with one attached hydrogen (secondary N) is 1. The average Bonchev–Trinajstić information content (AvgIpc) is 2.27. The third kappa shape index (κ3) is 1.62. The van der Waals surface area contributed by atoms with Gasteiger partial charge in [0.1, 0.15) is 4.88 Å². The highest BCUT2D eigenvalue weighted by Crippen LogP contribution is 2.29. The molecule has 3 nitrogen and oxygen atoms in total. The van der Waals surface area contributed by atoms with E-state index in [4.69, 9.17) is 0 Å². The molecule has 0 radical (unpaired) electrons. The largest absolute Gasteiger partial charge is 0.346 e. The van der Waals surface area contributed by atoms with Crippen LogP contribution in [0.15, 0.2) is 3.92 Å². The Morgan fingerprint density at radius 1 is 1.62 bits per heavy atom. The van der Waals surface area contributed by atoms with Gasteiger partial charge in [0.2, 0.25) is 0 Å². The Morgan fingerprint density at radius 2 is 2.31 bits per heavy atom. The summed E-state index contributed by atoms with van der Waals surface area (Å²) >= 11 is 4.68. The molecule has 0 aliphatic carbocycles. The molecular weight excluding hydrogens is 252 g/mol. The van der Waals surface area contributed by atoms with Gasteiger partial charge < -0.3 is 5.32 Å². The molecule has 0 spiro atoms. The number of hydrogen-bond acceptors (Lipinski definition) is 3. The Hall–Kier alpha value is -0.420. The minimum absolute atomic E-state index is 0.00514. The van der Waals surface area contributed by atoms with Crippen LogP contribution in [0.5, 0.6) is 0 Å². The molecule has 1 aromatic heterocycles. The lowest BCUT2D eigenvalue weighted by Gasteiger charge is -2.29. The molecule has 1 N–H and O–H groups in total. The van der Waals surface area contributed by atoms with Crippen molar-refractivity contribution < 1.29 is 4.79 Å². The van der Waals surface area contributed by atoms with Crippen molar-refractivity contribution in [2.24, 2.45) is 0 Å². The lowest BCUT2D eigenvalue weighted by molar-refractivity contribution is 0.0901. The predicted molar refractivity (Wildman–Crippen MR) is 55.1 cm³/mol. The van der Waals surface area contributed by atoms with E-state index < -0.39 is 0 Å². The lowest BCUT2D eigenvalue weighted by Crippen LogP contribution is -2.48. The molecule has 1 amide bonds. The van der Waals surface area contributed by atoms with E-state index in [1.165, 1.54) is 11.3 Å². The summed E-state index contributed by atoms with van der Waals surface area (Å²) in [5.74, 6) is -0.00514. The molecule has 0 atom stereocenters. The number of nitrogens with zero attached hydrogens (tertiary/aromatic N) is 1. The zero-order valence-corrected chi connectivity index (χ0v) is 9.75. The van der Waals surface area contributed by atoms with Crippen LogP contribution in [-0.4, -0.2) is 16.4 Å². The Labute approximate surface area is 88.7 Å². The summed E-state index contributed by atoms with van der Waals surface area (Å²) in [7, 11) is 0. The average molecular weight is 261 g/mol. The topological polar surface area (TPSA) is 42.0 Å². The fourth-order valence-corrected chi connectivity index (χ4v) is 2.85. The highest BCUT2D eigenvalue weighted by Gasteiger charge is 2.32. The minimum atomic E-state index is -0.169. The second-order valence-electron chi connectivity index (χ2n) is 3.76. The SMILES string of the molecule is CC1(C)Cc2nc(Br)sc2C(=O)N1. The van der Waals surface area contributed by atoms with E-state index >= 15 is 0 Å². The molecule has 0 saturated heterocycles. The Balaban J connectivity index is 2.48. The van der Waals surface area contributed by atoms with Crippen LogP contribution in [0.25, 0.3) is 0 Å². The number of fused-ring (bicyclic) bond motifs is 1. The first-order chi connectivity index (χ1) is 5.98. The first-order valence-corrected chi connectivity index (χ1v) is 5.57. The van der Waals surface area contributed by atoms with Gasteiger partial charge in [0.15, 0.2) is 3.92 Å². The van der Waals surface area contributed by atoms with Gasteiger partial charge in [-0.05, 0) is 29.8 Å². The van der Waals surface area contributed by atoms with Crippen LogP contribution >= 0.6 is 27.3 Å². The van der Waals surface area contributed by atoms with E-state index in [0.29, 0.717) is 0 Å². The van der Waals surface area contributed by atoms with Gasteiger partial charge in [-0.1, -0.05) is 0 Å². The van der Waals surface area contributed by atoms with Crippen LogP contribution < -0.4 is 5.32 Å². The van der Waals surface area contributed by atoms with Crippen molar-refractivity contribution in [3.05, 3.63) is 14.5 Å². The van der Waals surface area contributed by atoms with Gasteiger partial charge >= 0.3 is 0 Å². The molecule has 2 rings (SSSR count). The molecule has 0 bridgehead atoms. The number of carbonyl (C=O) groups excluding carboxylic acids is 1. The molecule has 0 aromatic carbocycles. The second-order valence-corrected chi connectivity index (χ2v) is 6.03. The molecule has 1 aliphatic heterocycles. The summed E-state index contributed by atoms with van der Waals surface area (Å²) in [6.45, 7) is 4.00. The maximum Gasteiger partial charge on any atom is 0.263 e. The smallest absolute Gasteiger partial charge is 0.263 e. The minimum Gasteiger partial charge on any atom is -0.346 e. The van der Waals surface area contributed by atoms with E-state index in [1.54, 1.807) is 0 Å². The van der Waals surface area contributed by atoms with E-state index in [9.17, 15) is 4.79 Å². The lowest BCUT2D eigenvalue weighted by atomic mass is 9.94. The number of aromatic nitrogens is 1. The summed E-state index contributed by atoms with van der Waals surface area (Å²) in [6.07, 6.45) is 0.802. The summed E-state index contributed by atoms with van der Waals surface area (Å²) in [5.41, 5.74) is 0.739. The maximum atomic E-state index is 11.6. The van der Waals surface area contributed by atoms with Crippen LogP contribution in [0.1, 0.15) is 29.2 Å². The van der Waals surface area contributed by atoms with Gasteiger partial charge in [0, 0.05) is 12.0 Å². The van der Waals surface area contributed by atoms with Crippen LogP contribution in [0.2, 0.25) is 0 Å². The quantitative estimate of drug-likeness (QED) is 0.775. The van der Waals surface area contributed by atoms with E-state index in [0.717, 1.165) is 20.9 Å². The van der Waals surface area contributed by atoms with Gasteiger partial charge in [-0.25, -0.2) is 4.98 Å². The van der Waals surface area contributed by atoms with E-state index in [1.807, 2.05) is 13.8 Å². The number of carbonyl (C=O) groups is 1. The maximum absolute atomic E-state index is 11.6. The highest BCUT2D eigenvalue weighted by molar-refractivity contribution is 9.11. The first kappa shape index (κ1) is 9.15. The van der Waals surface area contributed by atoms with Crippen molar-refractivity contribution in [1.82, 2.24) is 10.3 Å². The fourth-order valence-electron chi connectivity index (χ4n) is 1.45. The number of thiazole rings is 1. The fraction of sp³-hybridized carbons (Fsp3) is 0.500. The molecule has 0 fully saturated rings. The molecular formula is C8H9BrN2OS. The Kier molecular flexibility index (Phi) is 1.96. The molecule has 70 valence electrons. The van der Waals surface area contributed by atoms with E-state index in [2.05, 4.69) is 26.2 Å². The second kappa shape index (κ2) is 2.78. The van der Waals surface area contributed by atoms with Crippen molar-refractivity contribution in [3.8, 4) is 0 Å². The molecule has 2 heterocycles. The van der Waals surface area contributed by atoms with Gasteiger partial charge in [-0.2, -0.15) is 0 Å². The van der Waals surface area contributed by atoms with Crippen molar-refractivity contribution in [2.45, 2.75) is 25.8 Å². The Morgan fingerprint density at radius 3 is 3.00 bits per heavy atom. The first-order valence-electron chi connectivity index (χ1n) is 3.96. The number of halogens is 1. The molecule has 13 heavy (non-hydrogen) atoms. The third-order valence-corrected chi connectivity index (χ3v) is 3.49. The molecule has 0 saturated carbocycles. The Bertz CT molecular complexity index is 372. The standard InChI is InChI=1S/C8H9BrN2OS/c1-8(2)3-4-5(6(12)11-8)13-7(9)10-4/h3H2,1-2H3,(H,11,12). The molecule has 1 aromatic rings. The van der Waals surface area contributed by atoms with Gasteiger partial charge in [0.05, 0.1) is 5.69 Å². The number of hydrogen-bond donors (Lipinski definition) is 1. The molecule has 1 aliphatic rings. The van der Waals surface area contributed by atoms with Crippen LogP contribution in [0.4, 0.5) is 0 Å². The monoisotopic (exact) mass is 260 g/mol. The normalized spacial score (nSPS) is 19.5. The van der Waals surface area contributed by atoms with Gasteiger partial charge in [-0.3, -0.25) is 4.79 Å². The van der Waals surface area contributed by atoms with Gasteiger partial charge in [-0.15, -0.1) is 11.3 Å². The highest BCUT2D eigenvalue weighted by atomic mass is 79.9. The van der Waals surface area contributed by atoms with Crippen LogP contribution in [0, 0.1) is 0 Å².